The van der Waals surface area contributed by atoms with Crippen molar-refractivity contribution in [3.8, 4) is 0 Å². The highest BCUT2D eigenvalue weighted by Crippen LogP contribution is 2.29. The molecule has 1 heterocycles. The third kappa shape index (κ3) is 5.54. The number of nitrogens with one attached hydrogen (secondary N) is 1. The Bertz CT molecular complexity index is 987. The standard InChI is InChI=1S/C21H21F3N4O4/c22-21(23,24)16-7-5-15(6-8-16)20(30)27-13-11-26(12-14-27)19(29)9-10-25-17-3-1-2-4-18(17)28(31)32/h1-8,25H,9-14H2. The molecule has 1 saturated heterocycles. The number of piperazine rings is 1. The molecule has 1 aliphatic heterocycles. The second kappa shape index (κ2) is 9.67. The molecule has 2 aromatic carbocycles. The summed E-state index contributed by atoms with van der Waals surface area (Å²) in [5.74, 6) is -0.540. The molecule has 8 nitrogen and oxygen atoms in total. The monoisotopic (exact) mass is 450 g/mol. The van der Waals surface area contributed by atoms with Gasteiger partial charge in [0.05, 0.1) is 10.5 Å². The molecule has 0 aliphatic carbocycles. The molecule has 11 heteroatoms. The molecule has 0 bridgehead atoms. The zero-order valence-electron chi connectivity index (χ0n) is 17.0. The van der Waals surface area contributed by atoms with Crippen LogP contribution in [-0.2, 0) is 11.0 Å². The second-order valence-electron chi connectivity index (χ2n) is 7.20. The van der Waals surface area contributed by atoms with Crippen molar-refractivity contribution in [2.24, 2.45) is 0 Å². The number of nitro groups is 1. The minimum Gasteiger partial charge on any atom is -0.379 e. The lowest BCUT2D eigenvalue weighted by Crippen LogP contribution is -2.50. The number of hydrogen-bond acceptors (Lipinski definition) is 5. The number of carbonyl (C=O) groups excluding carboxylic acids is 2. The maximum atomic E-state index is 12.7. The summed E-state index contributed by atoms with van der Waals surface area (Å²) in [5, 5.41) is 13.9. The summed E-state index contributed by atoms with van der Waals surface area (Å²) in [6.07, 6.45) is -4.34. The minimum atomic E-state index is -4.46. The van der Waals surface area contributed by atoms with Gasteiger partial charge in [-0.05, 0) is 30.3 Å². The van der Waals surface area contributed by atoms with E-state index in [1.54, 1.807) is 23.1 Å². The van der Waals surface area contributed by atoms with E-state index in [2.05, 4.69) is 5.32 Å². The summed E-state index contributed by atoms with van der Waals surface area (Å²) < 4.78 is 38.0. The molecule has 1 N–H and O–H groups in total. The van der Waals surface area contributed by atoms with Crippen LogP contribution in [0.3, 0.4) is 0 Å². The van der Waals surface area contributed by atoms with E-state index in [0.29, 0.717) is 18.8 Å². The van der Waals surface area contributed by atoms with Crippen LogP contribution in [0.15, 0.2) is 48.5 Å². The molecule has 0 aromatic heterocycles. The molecule has 32 heavy (non-hydrogen) atoms. The first-order chi connectivity index (χ1) is 15.2. The van der Waals surface area contributed by atoms with Gasteiger partial charge in [-0.25, -0.2) is 0 Å². The van der Waals surface area contributed by atoms with Crippen molar-refractivity contribution in [1.82, 2.24) is 9.80 Å². The number of para-hydroxylation sites is 2. The maximum absolute atomic E-state index is 12.7. The predicted octanol–water partition coefficient (Wildman–Crippen LogP) is 3.40. The van der Waals surface area contributed by atoms with Crippen LogP contribution >= 0.6 is 0 Å². The summed E-state index contributed by atoms with van der Waals surface area (Å²) in [5.41, 5.74) is -0.405. The van der Waals surface area contributed by atoms with E-state index < -0.39 is 16.7 Å². The highest BCUT2D eigenvalue weighted by Gasteiger charge is 2.31. The lowest BCUT2D eigenvalue weighted by molar-refractivity contribution is -0.384. The molecule has 3 rings (SSSR count). The van der Waals surface area contributed by atoms with E-state index >= 15 is 0 Å². The number of halogens is 3. The number of nitrogens with zero attached hydrogens (tertiary/aromatic N) is 3. The minimum absolute atomic E-state index is 0.0738. The molecule has 2 aromatic rings. The third-order valence-electron chi connectivity index (χ3n) is 5.13. The average molecular weight is 450 g/mol. The van der Waals surface area contributed by atoms with Crippen molar-refractivity contribution in [3.05, 3.63) is 69.8 Å². The van der Waals surface area contributed by atoms with Crippen LogP contribution in [0.5, 0.6) is 0 Å². The van der Waals surface area contributed by atoms with Crippen LogP contribution in [0.1, 0.15) is 22.3 Å². The fraction of sp³-hybridized carbons (Fsp3) is 0.333. The third-order valence-corrected chi connectivity index (χ3v) is 5.13. The lowest BCUT2D eigenvalue weighted by Gasteiger charge is -2.35. The quantitative estimate of drug-likeness (QED) is 0.538. The fourth-order valence-electron chi connectivity index (χ4n) is 3.39. The Morgan fingerprint density at radius 3 is 2.16 bits per heavy atom. The van der Waals surface area contributed by atoms with E-state index in [1.807, 2.05) is 0 Å². The Balaban J connectivity index is 1.47. The van der Waals surface area contributed by atoms with E-state index in [9.17, 15) is 32.9 Å². The van der Waals surface area contributed by atoms with Gasteiger partial charge in [0, 0.05) is 50.8 Å². The molecule has 0 atom stereocenters. The second-order valence-corrected chi connectivity index (χ2v) is 7.20. The smallest absolute Gasteiger partial charge is 0.379 e. The summed E-state index contributed by atoms with van der Waals surface area (Å²) in [7, 11) is 0. The fourth-order valence-corrected chi connectivity index (χ4v) is 3.39. The van der Waals surface area contributed by atoms with Crippen molar-refractivity contribution in [1.29, 1.82) is 0 Å². The zero-order chi connectivity index (χ0) is 23.3. The lowest BCUT2D eigenvalue weighted by atomic mass is 10.1. The molecule has 1 aliphatic rings. The van der Waals surface area contributed by atoms with E-state index in [-0.39, 0.29) is 49.1 Å². The van der Waals surface area contributed by atoms with Crippen molar-refractivity contribution < 1.29 is 27.7 Å². The average Bonchev–Trinajstić information content (AvgIpc) is 2.78. The highest BCUT2D eigenvalue weighted by atomic mass is 19.4. The number of carbonyl (C=O) groups is 2. The number of hydrogen-bond donors (Lipinski definition) is 1. The Hall–Kier alpha value is -3.63. The van der Waals surface area contributed by atoms with Crippen molar-refractivity contribution >= 4 is 23.2 Å². The first kappa shape index (κ1) is 23.0. The van der Waals surface area contributed by atoms with Crippen LogP contribution in [0.25, 0.3) is 0 Å². The van der Waals surface area contributed by atoms with Crippen LogP contribution in [-0.4, -0.2) is 59.3 Å². The summed E-state index contributed by atoms with van der Waals surface area (Å²) >= 11 is 0. The largest absolute Gasteiger partial charge is 0.416 e. The van der Waals surface area contributed by atoms with E-state index in [0.717, 1.165) is 24.3 Å². The van der Waals surface area contributed by atoms with Crippen LogP contribution in [0.4, 0.5) is 24.5 Å². The molecule has 0 unspecified atom stereocenters. The van der Waals surface area contributed by atoms with Gasteiger partial charge >= 0.3 is 6.18 Å². The van der Waals surface area contributed by atoms with Crippen LogP contribution < -0.4 is 5.32 Å². The number of benzene rings is 2. The summed E-state index contributed by atoms with van der Waals surface area (Å²) in [4.78, 5) is 38.6. The van der Waals surface area contributed by atoms with Gasteiger partial charge in [-0.2, -0.15) is 13.2 Å². The molecule has 2 amide bonds. The van der Waals surface area contributed by atoms with Crippen LogP contribution in [0, 0.1) is 10.1 Å². The van der Waals surface area contributed by atoms with Gasteiger partial charge < -0.3 is 15.1 Å². The van der Waals surface area contributed by atoms with Gasteiger partial charge in [-0.1, -0.05) is 12.1 Å². The molecule has 0 saturated carbocycles. The molecule has 0 radical (unpaired) electrons. The van der Waals surface area contributed by atoms with Crippen molar-refractivity contribution in [3.63, 3.8) is 0 Å². The predicted molar refractivity (Wildman–Crippen MR) is 110 cm³/mol. The Labute approximate surface area is 181 Å². The summed E-state index contributed by atoms with van der Waals surface area (Å²) in [6.45, 7) is 1.36. The normalized spacial score (nSPS) is 14.2. The van der Waals surface area contributed by atoms with Crippen LogP contribution in [0.2, 0.25) is 0 Å². The number of amides is 2. The zero-order valence-corrected chi connectivity index (χ0v) is 17.0. The number of rotatable bonds is 6. The number of anilines is 1. The Morgan fingerprint density at radius 2 is 1.56 bits per heavy atom. The van der Waals surface area contributed by atoms with Gasteiger partial charge in [0.2, 0.25) is 5.91 Å². The first-order valence-corrected chi connectivity index (χ1v) is 9.88. The van der Waals surface area contributed by atoms with E-state index in [4.69, 9.17) is 0 Å². The maximum Gasteiger partial charge on any atom is 0.416 e. The molecule has 1 fully saturated rings. The SMILES string of the molecule is O=C(CCNc1ccccc1[N+](=O)[O-])N1CCN(C(=O)c2ccc(C(F)(F)F)cc2)CC1. The molecular formula is C21H21F3N4O4. The van der Waals surface area contributed by atoms with E-state index in [1.165, 1.54) is 11.0 Å². The van der Waals surface area contributed by atoms with Gasteiger partial charge in [-0.3, -0.25) is 19.7 Å². The van der Waals surface area contributed by atoms with Gasteiger partial charge in [-0.15, -0.1) is 0 Å². The van der Waals surface area contributed by atoms with Crippen molar-refractivity contribution in [2.45, 2.75) is 12.6 Å². The van der Waals surface area contributed by atoms with Gasteiger partial charge in [0.25, 0.3) is 11.6 Å². The molecular weight excluding hydrogens is 429 g/mol. The topological polar surface area (TPSA) is 95.8 Å². The summed E-state index contributed by atoms with van der Waals surface area (Å²) in [6, 6.07) is 10.2. The highest BCUT2D eigenvalue weighted by molar-refractivity contribution is 5.94. The molecule has 0 spiro atoms. The van der Waals surface area contributed by atoms with Crippen molar-refractivity contribution in [2.75, 3.05) is 38.0 Å². The van der Waals surface area contributed by atoms with Gasteiger partial charge in [0.15, 0.2) is 0 Å². The first-order valence-electron chi connectivity index (χ1n) is 9.88. The molecule has 170 valence electrons. The Morgan fingerprint density at radius 1 is 0.969 bits per heavy atom. The Kier molecular flexibility index (Phi) is 6.96. The van der Waals surface area contributed by atoms with Gasteiger partial charge in [0.1, 0.15) is 5.69 Å². The number of alkyl halides is 3. The number of nitro benzene ring substituents is 1.